The SMILES string of the molecule is CC1CCCCCN1c1ccc(Br)cc1CCl. The fraction of sp³-hybridized carbons (Fsp3) is 0.571. The minimum absolute atomic E-state index is 0.581. The van der Waals surface area contributed by atoms with Crippen LogP contribution < -0.4 is 4.90 Å². The summed E-state index contributed by atoms with van der Waals surface area (Å²) in [7, 11) is 0. The van der Waals surface area contributed by atoms with Crippen molar-refractivity contribution in [3.63, 3.8) is 0 Å². The molecule has 1 aliphatic rings. The fourth-order valence-electron chi connectivity index (χ4n) is 2.57. The van der Waals surface area contributed by atoms with E-state index in [9.17, 15) is 0 Å². The zero-order valence-corrected chi connectivity index (χ0v) is 12.6. The molecular weight excluding hydrogens is 298 g/mol. The van der Waals surface area contributed by atoms with Crippen LogP contribution >= 0.6 is 27.5 Å². The lowest BCUT2D eigenvalue weighted by Crippen LogP contribution is -2.33. The predicted molar refractivity (Wildman–Crippen MR) is 79.0 cm³/mol. The average Bonchev–Trinajstić information content (AvgIpc) is 2.54. The molecule has 1 nitrogen and oxygen atoms in total. The first-order chi connectivity index (χ1) is 8.22. The maximum atomic E-state index is 6.06. The number of hydrogen-bond donors (Lipinski definition) is 0. The van der Waals surface area contributed by atoms with Crippen LogP contribution in [0.5, 0.6) is 0 Å². The van der Waals surface area contributed by atoms with Gasteiger partial charge in [0.1, 0.15) is 0 Å². The molecule has 0 N–H and O–H groups in total. The first kappa shape index (κ1) is 13.2. The van der Waals surface area contributed by atoms with E-state index < -0.39 is 0 Å². The van der Waals surface area contributed by atoms with E-state index in [0.29, 0.717) is 11.9 Å². The first-order valence-electron chi connectivity index (χ1n) is 6.33. The fourth-order valence-corrected chi connectivity index (χ4v) is 3.20. The van der Waals surface area contributed by atoms with Crippen molar-refractivity contribution in [2.45, 2.75) is 44.5 Å². The molecule has 0 aromatic heterocycles. The highest BCUT2D eigenvalue weighted by atomic mass is 79.9. The maximum absolute atomic E-state index is 6.06. The summed E-state index contributed by atoms with van der Waals surface area (Å²) in [5, 5.41) is 0. The minimum Gasteiger partial charge on any atom is -0.369 e. The van der Waals surface area contributed by atoms with Gasteiger partial charge < -0.3 is 4.90 Å². The lowest BCUT2D eigenvalue weighted by Gasteiger charge is -2.31. The van der Waals surface area contributed by atoms with Gasteiger partial charge in [0, 0.05) is 28.6 Å². The van der Waals surface area contributed by atoms with Gasteiger partial charge in [0.25, 0.3) is 0 Å². The summed E-state index contributed by atoms with van der Waals surface area (Å²) in [4.78, 5) is 2.52. The van der Waals surface area contributed by atoms with Gasteiger partial charge in [-0.2, -0.15) is 0 Å². The summed E-state index contributed by atoms with van der Waals surface area (Å²) in [6.45, 7) is 3.48. The van der Waals surface area contributed by atoms with Crippen LogP contribution in [0.25, 0.3) is 0 Å². The molecule has 1 atom stereocenters. The summed E-state index contributed by atoms with van der Waals surface area (Å²) in [5.41, 5.74) is 2.55. The van der Waals surface area contributed by atoms with E-state index >= 15 is 0 Å². The molecule has 1 aliphatic heterocycles. The smallest absolute Gasteiger partial charge is 0.0494 e. The Morgan fingerprint density at radius 3 is 2.94 bits per heavy atom. The van der Waals surface area contributed by atoms with Gasteiger partial charge in [0.2, 0.25) is 0 Å². The Morgan fingerprint density at radius 2 is 2.18 bits per heavy atom. The van der Waals surface area contributed by atoms with Crippen LogP contribution in [0.4, 0.5) is 5.69 Å². The van der Waals surface area contributed by atoms with Crippen molar-refractivity contribution in [2.24, 2.45) is 0 Å². The van der Waals surface area contributed by atoms with Gasteiger partial charge in [-0.1, -0.05) is 28.8 Å². The van der Waals surface area contributed by atoms with Crippen molar-refractivity contribution >= 4 is 33.2 Å². The number of hydrogen-bond acceptors (Lipinski definition) is 1. The summed E-state index contributed by atoms with van der Waals surface area (Å²) in [6, 6.07) is 7.08. The number of benzene rings is 1. The number of rotatable bonds is 2. The van der Waals surface area contributed by atoms with Crippen molar-refractivity contribution < 1.29 is 0 Å². The van der Waals surface area contributed by atoms with Crippen molar-refractivity contribution in [3.05, 3.63) is 28.2 Å². The Labute approximate surface area is 117 Å². The molecule has 1 heterocycles. The maximum Gasteiger partial charge on any atom is 0.0494 e. The highest BCUT2D eigenvalue weighted by Crippen LogP contribution is 2.30. The van der Waals surface area contributed by atoms with E-state index in [2.05, 4.69) is 46.0 Å². The molecule has 2 rings (SSSR count). The molecule has 1 aromatic carbocycles. The van der Waals surface area contributed by atoms with Gasteiger partial charge in [-0.3, -0.25) is 0 Å². The quantitative estimate of drug-likeness (QED) is 0.697. The van der Waals surface area contributed by atoms with Gasteiger partial charge in [-0.05, 0) is 43.5 Å². The van der Waals surface area contributed by atoms with Crippen molar-refractivity contribution in [3.8, 4) is 0 Å². The Hall–Kier alpha value is -0.210. The third-order valence-corrected chi connectivity index (χ3v) is 4.33. The summed E-state index contributed by atoms with van der Waals surface area (Å²) in [5.74, 6) is 0.581. The van der Waals surface area contributed by atoms with Crippen LogP contribution in [0.1, 0.15) is 38.2 Å². The van der Waals surface area contributed by atoms with E-state index in [1.165, 1.54) is 36.9 Å². The number of anilines is 1. The molecule has 0 radical (unpaired) electrons. The Balaban J connectivity index is 2.30. The molecule has 0 aliphatic carbocycles. The van der Waals surface area contributed by atoms with E-state index in [-0.39, 0.29) is 0 Å². The molecule has 94 valence electrons. The van der Waals surface area contributed by atoms with Gasteiger partial charge in [0.05, 0.1) is 0 Å². The standard InChI is InChI=1S/C14H19BrClN/c1-11-5-3-2-4-8-17(11)14-7-6-13(15)9-12(14)10-16/h6-7,9,11H,2-5,8,10H2,1H3. The summed E-state index contributed by atoms with van der Waals surface area (Å²) < 4.78 is 1.11. The van der Waals surface area contributed by atoms with Gasteiger partial charge in [-0.25, -0.2) is 0 Å². The van der Waals surface area contributed by atoms with Crippen LogP contribution in [-0.4, -0.2) is 12.6 Å². The number of nitrogens with zero attached hydrogens (tertiary/aromatic N) is 1. The summed E-state index contributed by atoms with van der Waals surface area (Å²) in [6.07, 6.45) is 5.29. The van der Waals surface area contributed by atoms with Crippen LogP contribution in [-0.2, 0) is 5.88 Å². The van der Waals surface area contributed by atoms with Gasteiger partial charge in [-0.15, -0.1) is 11.6 Å². The Morgan fingerprint density at radius 1 is 1.35 bits per heavy atom. The lowest BCUT2D eigenvalue weighted by atomic mass is 10.1. The normalized spacial score (nSPS) is 21.4. The summed E-state index contributed by atoms with van der Waals surface area (Å²) >= 11 is 9.58. The topological polar surface area (TPSA) is 3.24 Å². The molecule has 17 heavy (non-hydrogen) atoms. The highest BCUT2D eigenvalue weighted by Gasteiger charge is 2.19. The molecule has 1 unspecified atom stereocenters. The molecule has 0 bridgehead atoms. The average molecular weight is 317 g/mol. The van der Waals surface area contributed by atoms with Crippen molar-refractivity contribution in [1.29, 1.82) is 0 Å². The number of alkyl halides is 1. The second-order valence-electron chi connectivity index (χ2n) is 4.80. The Bertz CT molecular complexity index is 380. The first-order valence-corrected chi connectivity index (χ1v) is 7.66. The third kappa shape index (κ3) is 3.17. The Kier molecular flexibility index (Phi) is 4.75. The van der Waals surface area contributed by atoms with Crippen molar-refractivity contribution in [1.82, 2.24) is 0 Å². The molecule has 1 fully saturated rings. The van der Waals surface area contributed by atoms with Crippen LogP contribution in [0.2, 0.25) is 0 Å². The van der Waals surface area contributed by atoms with Crippen LogP contribution in [0.3, 0.4) is 0 Å². The second-order valence-corrected chi connectivity index (χ2v) is 5.98. The van der Waals surface area contributed by atoms with Crippen LogP contribution in [0.15, 0.2) is 22.7 Å². The van der Waals surface area contributed by atoms with Gasteiger partial charge in [0.15, 0.2) is 0 Å². The lowest BCUT2D eigenvalue weighted by molar-refractivity contribution is 0.615. The molecule has 0 spiro atoms. The molecular formula is C14H19BrClN. The van der Waals surface area contributed by atoms with Gasteiger partial charge >= 0.3 is 0 Å². The molecule has 0 amide bonds. The largest absolute Gasteiger partial charge is 0.369 e. The van der Waals surface area contributed by atoms with E-state index in [4.69, 9.17) is 11.6 Å². The molecule has 3 heteroatoms. The predicted octanol–water partition coefficient (Wildman–Crippen LogP) is 4.96. The second kappa shape index (κ2) is 6.10. The van der Waals surface area contributed by atoms with E-state index in [1.807, 2.05) is 0 Å². The molecule has 0 saturated carbocycles. The third-order valence-electron chi connectivity index (χ3n) is 3.55. The monoisotopic (exact) mass is 315 g/mol. The molecule has 1 saturated heterocycles. The highest BCUT2D eigenvalue weighted by molar-refractivity contribution is 9.10. The zero-order valence-electron chi connectivity index (χ0n) is 10.3. The van der Waals surface area contributed by atoms with Crippen molar-refractivity contribution in [2.75, 3.05) is 11.4 Å². The minimum atomic E-state index is 0.581. The zero-order chi connectivity index (χ0) is 12.3. The number of halogens is 2. The van der Waals surface area contributed by atoms with Crippen LogP contribution in [0, 0.1) is 0 Å². The van der Waals surface area contributed by atoms with E-state index in [0.717, 1.165) is 11.0 Å². The molecule has 1 aromatic rings. The van der Waals surface area contributed by atoms with E-state index in [1.54, 1.807) is 0 Å².